The van der Waals surface area contributed by atoms with Gasteiger partial charge in [-0.3, -0.25) is 4.79 Å². The van der Waals surface area contributed by atoms with Gasteiger partial charge in [-0.25, -0.2) is 4.79 Å². The van der Waals surface area contributed by atoms with Gasteiger partial charge in [0.15, 0.2) is 0 Å². The van der Waals surface area contributed by atoms with Crippen molar-refractivity contribution < 1.29 is 43.9 Å². The Morgan fingerprint density at radius 2 is 1.85 bits per heavy atom. The molecule has 1 fully saturated rings. The molecule has 0 aromatic heterocycles. The van der Waals surface area contributed by atoms with Crippen molar-refractivity contribution in [3.8, 4) is 23.0 Å². The smallest absolute Gasteiger partial charge is 0.374 e. The van der Waals surface area contributed by atoms with Crippen LogP contribution in [0.3, 0.4) is 0 Å². The SMILES string of the molecule is CCOC(=O)C1=C/C(=C2\CCC(=O)[C@H](c3ccc(O)cc3)C2)c2c(OC)c3c(c(CO)c2O1)O[C@H](C(C)(C)O)C3. The van der Waals surface area contributed by atoms with Gasteiger partial charge in [0, 0.05) is 24.3 Å². The van der Waals surface area contributed by atoms with Crippen molar-refractivity contribution in [2.45, 2.75) is 70.7 Å². The van der Waals surface area contributed by atoms with Gasteiger partial charge in [0.1, 0.15) is 34.9 Å². The number of allylic oxidation sites excluding steroid dienone is 3. The summed E-state index contributed by atoms with van der Waals surface area (Å²) in [7, 11) is 1.53. The van der Waals surface area contributed by atoms with Crippen molar-refractivity contribution in [3.05, 3.63) is 63.9 Å². The molecule has 0 amide bonds. The first-order valence-electron chi connectivity index (χ1n) is 13.4. The molecule has 0 saturated heterocycles. The minimum absolute atomic E-state index is 0.0522. The highest BCUT2D eigenvalue weighted by Crippen LogP contribution is 2.54. The molecule has 2 aliphatic heterocycles. The fraction of sp³-hybridized carbons (Fsp3) is 0.419. The minimum atomic E-state index is -1.17. The van der Waals surface area contributed by atoms with Crippen LogP contribution >= 0.6 is 0 Å². The van der Waals surface area contributed by atoms with Gasteiger partial charge in [-0.15, -0.1) is 0 Å². The van der Waals surface area contributed by atoms with Gasteiger partial charge in [0.2, 0.25) is 5.76 Å². The number of benzene rings is 2. The highest BCUT2D eigenvalue weighted by Gasteiger charge is 2.43. The third-order valence-corrected chi connectivity index (χ3v) is 7.77. The Morgan fingerprint density at radius 3 is 2.48 bits per heavy atom. The fourth-order valence-electron chi connectivity index (χ4n) is 5.70. The lowest BCUT2D eigenvalue weighted by molar-refractivity contribution is -0.141. The molecule has 0 bridgehead atoms. The molecule has 2 heterocycles. The van der Waals surface area contributed by atoms with E-state index in [1.807, 2.05) is 0 Å². The molecular formula is C31H34O9. The average Bonchev–Trinajstić information content (AvgIpc) is 3.38. The lowest BCUT2D eigenvalue weighted by atomic mass is 9.76. The van der Waals surface area contributed by atoms with Crippen LogP contribution in [0, 0.1) is 0 Å². The minimum Gasteiger partial charge on any atom is -0.508 e. The molecular weight excluding hydrogens is 516 g/mol. The molecule has 0 radical (unpaired) electrons. The summed E-state index contributed by atoms with van der Waals surface area (Å²) in [4.78, 5) is 25.9. The molecule has 1 saturated carbocycles. The maximum absolute atomic E-state index is 13.0. The molecule has 2 aromatic rings. The summed E-state index contributed by atoms with van der Waals surface area (Å²) in [5, 5.41) is 31.0. The van der Waals surface area contributed by atoms with Crippen LogP contribution in [0.5, 0.6) is 23.0 Å². The summed E-state index contributed by atoms with van der Waals surface area (Å²) in [6.45, 7) is 4.71. The molecule has 1 aliphatic carbocycles. The van der Waals surface area contributed by atoms with Crippen molar-refractivity contribution >= 4 is 17.3 Å². The summed E-state index contributed by atoms with van der Waals surface area (Å²) in [6.07, 6.45) is 2.53. The summed E-state index contributed by atoms with van der Waals surface area (Å²) < 4.78 is 23.4. The predicted octanol–water partition coefficient (Wildman–Crippen LogP) is 4.10. The fourth-order valence-corrected chi connectivity index (χ4v) is 5.70. The van der Waals surface area contributed by atoms with Crippen molar-refractivity contribution in [2.24, 2.45) is 0 Å². The Kier molecular flexibility index (Phi) is 7.37. The quantitative estimate of drug-likeness (QED) is 0.455. The van der Waals surface area contributed by atoms with Crippen LogP contribution in [0.1, 0.15) is 68.2 Å². The van der Waals surface area contributed by atoms with Crippen molar-refractivity contribution in [3.63, 3.8) is 0 Å². The van der Waals surface area contributed by atoms with Crippen molar-refractivity contribution in [2.75, 3.05) is 13.7 Å². The number of phenolic OH excluding ortho intramolecular Hbond substituents is 1. The first kappa shape index (κ1) is 27.7. The van der Waals surface area contributed by atoms with E-state index in [1.54, 1.807) is 51.1 Å². The second-order valence-electron chi connectivity index (χ2n) is 10.8. The normalized spacial score (nSPS) is 22.1. The van der Waals surface area contributed by atoms with E-state index < -0.39 is 30.2 Å². The van der Waals surface area contributed by atoms with Crippen LogP contribution in [0.25, 0.3) is 5.57 Å². The number of phenols is 1. The number of ether oxygens (including phenoxy) is 4. The van der Waals surface area contributed by atoms with E-state index in [2.05, 4.69) is 0 Å². The molecule has 2 aromatic carbocycles. The molecule has 212 valence electrons. The standard InChI is InChI=1S/C31H34O9/c1-5-38-30(35)24-13-20(17-8-11-23(34)19(12-17)16-6-9-18(33)10-7-16)26-28(37-4)21-14-25(31(2,3)36)40-27(21)22(15-32)29(26)39-24/h6-7,9-10,13,19,25,32-33,36H,5,8,11-12,14-15H2,1-4H3/b20-17-/t19-,25-/m0/s1. The van der Waals surface area contributed by atoms with E-state index in [-0.39, 0.29) is 29.6 Å². The number of hydrogen-bond donors (Lipinski definition) is 3. The zero-order chi connectivity index (χ0) is 28.8. The lowest BCUT2D eigenvalue weighted by Crippen LogP contribution is -2.39. The summed E-state index contributed by atoms with van der Waals surface area (Å²) >= 11 is 0. The van der Waals surface area contributed by atoms with E-state index in [0.29, 0.717) is 59.4 Å². The topological polar surface area (TPSA) is 132 Å². The summed E-state index contributed by atoms with van der Waals surface area (Å²) in [5.74, 6) is 0.122. The number of carbonyl (C=O) groups excluding carboxylic acids is 2. The number of rotatable bonds is 6. The number of methoxy groups -OCH3 is 1. The highest BCUT2D eigenvalue weighted by atomic mass is 16.6. The average molecular weight is 551 g/mol. The number of aliphatic hydroxyl groups excluding tert-OH is 1. The molecule has 5 rings (SSSR count). The molecule has 3 N–H and O–H groups in total. The van der Waals surface area contributed by atoms with Crippen LogP contribution in [0.4, 0.5) is 0 Å². The Hall–Kier alpha value is -3.82. The van der Waals surface area contributed by atoms with Crippen LogP contribution in [-0.2, 0) is 27.4 Å². The molecule has 3 aliphatic rings. The number of aliphatic hydroxyl groups is 2. The van der Waals surface area contributed by atoms with Gasteiger partial charge < -0.3 is 34.3 Å². The molecule has 2 atom stereocenters. The third-order valence-electron chi connectivity index (χ3n) is 7.77. The number of aromatic hydroxyl groups is 1. The Bertz CT molecular complexity index is 1410. The summed E-state index contributed by atoms with van der Waals surface area (Å²) in [6, 6.07) is 6.61. The monoisotopic (exact) mass is 550 g/mol. The zero-order valence-corrected chi connectivity index (χ0v) is 23.1. The van der Waals surface area contributed by atoms with Gasteiger partial charge in [0.25, 0.3) is 0 Å². The molecule has 9 nitrogen and oxygen atoms in total. The van der Waals surface area contributed by atoms with Gasteiger partial charge in [-0.1, -0.05) is 17.7 Å². The van der Waals surface area contributed by atoms with Gasteiger partial charge in [-0.2, -0.15) is 0 Å². The van der Waals surface area contributed by atoms with Crippen molar-refractivity contribution in [1.29, 1.82) is 0 Å². The predicted molar refractivity (Wildman–Crippen MR) is 145 cm³/mol. The number of carbonyl (C=O) groups is 2. The van der Waals surface area contributed by atoms with Gasteiger partial charge >= 0.3 is 5.97 Å². The molecule has 0 unspecified atom stereocenters. The molecule has 40 heavy (non-hydrogen) atoms. The number of fused-ring (bicyclic) bond motifs is 2. The third kappa shape index (κ3) is 4.84. The second kappa shape index (κ2) is 10.6. The first-order valence-corrected chi connectivity index (χ1v) is 13.4. The zero-order valence-electron chi connectivity index (χ0n) is 23.1. The van der Waals surface area contributed by atoms with E-state index in [4.69, 9.17) is 18.9 Å². The summed E-state index contributed by atoms with van der Waals surface area (Å²) in [5.41, 5.74) is 2.80. The van der Waals surface area contributed by atoms with E-state index >= 15 is 0 Å². The van der Waals surface area contributed by atoms with Crippen LogP contribution in [0.2, 0.25) is 0 Å². The second-order valence-corrected chi connectivity index (χ2v) is 10.8. The van der Waals surface area contributed by atoms with Gasteiger partial charge in [-0.05, 0) is 63.0 Å². The lowest BCUT2D eigenvalue weighted by Gasteiger charge is -2.30. The Morgan fingerprint density at radius 1 is 1.12 bits per heavy atom. The number of esters is 1. The maximum atomic E-state index is 13.0. The molecule has 9 heteroatoms. The molecule has 0 spiro atoms. The number of ketones is 1. The van der Waals surface area contributed by atoms with E-state index in [1.165, 1.54) is 7.11 Å². The van der Waals surface area contributed by atoms with Crippen LogP contribution < -0.4 is 14.2 Å². The number of Topliss-reactive ketones (excluding diaryl/α,β-unsaturated/α-hetero) is 1. The maximum Gasteiger partial charge on any atom is 0.374 e. The number of hydrogen-bond acceptors (Lipinski definition) is 9. The Balaban J connectivity index is 1.72. The van der Waals surface area contributed by atoms with E-state index in [9.17, 15) is 24.9 Å². The first-order chi connectivity index (χ1) is 19.1. The van der Waals surface area contributed by atoms with Crippen molar-refractivity contribution in [1.82, 2.24) is 0 Å². The van der Waals surface area contributed by atoms with Crippen LogP contribution in [-0.4, -0.2) is 52.5 Å². The van der Waals surface area contributed by atoms with Gasteiger partial charge in [0.05, 0.1) is 37.1 Å². The highest BCUT2D eigenvalue weighted by molar-refractivity contribution is 5.98. The van der Waals surface area contributed by atoms with Crippen LogP contribution in [0.15, 0.2) is 41.7 Å². The van der Waals surface area contributed by atoms with E-state index in [0.717, 1.165) is 11.1 Å². The Labute approximate surface area is 232 Å². The largest absolute Gasteiger partial charge is 0.508 e.